The summed E-state index contributed by atoms with van der Waals surface area (Å²) in [4.78, 5) is 11.8. The van der Waals surface area contributed by atoms with E-state index in [2.05, 4.69) is 11.4 Å². The van der Waals surface area contributed by atoms with Crippen LogP contribution in [0.2, 0.25) is 10.0 Å². The Hall–Kier alpha value is -1.71. The standard InChI is InChI=1S/C17H16Cl2N2O/c1-10-7-14(11-3-5-13(18)6-4-11)16(20-10)12-8-15(19)17(22)21(2)9-12/h3-9,14,16,20H,1-2H3/t14-,16?/m0/s1. The molecule has 1 aliphatic heterocycles. The highest BCUT2D eigenvalue weighted by Gasteiger charge is 2.29. The molecule has 1 aromatic carbocycles. The van der Waals surface area contributed by atoms with Gasteiger partial charge in [-0.15, -0.1) is 0 Å². The van der Waals surface area contributed by atoms with Crippen molar-refractivity contribution in [1.82, 2.24) is 9.88 Å². The lowest BCUT2D eigenvalue weighted by atomic mass is 9.89. The maximum atomic E-state index is 11.8. The summed E-state index contributed by atoms with van der Waals surface area (Å²) >= 11 is 12.0. The molecule has 5 heteroatoms. The van der Waals surface area contributed by atoms with Crippen molar-refractivity contribution in [2.75, 3.05) is 0 Å². The summed E-state index contributed by atoms with van der Waals surface area (Å²) in [6.45, 7) is 2.03. The number of nitrogens with zero attached hydrogens (tertiary/aromatic N) is 1. The number of aryl methyl sites for hydroxylation is 1. The molecule has 0 fully saturated rings. The zero-order valence-electron chi connectivity index (χ0n) is 12.3. The van der Waals surface area contributed by atoms with Crippen molar-refractivity contribution in [2.24, 2.45) is 7.05 Å². The van der Waals surface area contributed by atoms with Crippen LogP contribution in [0.5, 0.6) is 0 Å². The number of hydrogen-bond acceptors (Lipinski definition) is 2. The van der Waals surface area contributed by atoms with Crippen LogP contribution in [0.3, 0.4) is 0 Å². The molecule has 2 aromatic rings. The quantitative estimate of drug-likeness (QED) is 0.899. The Labute approximate surface area is 139 Å². The van der Waals surface area contributed by atoms with Crippen LogP contribution in [0.4, 0.5) is 0 Å². The first-order chi connectivity index (χ1) is 10.5. The van der Waals surface area contributed by atoms with Gasteiger partial charge in [0.1, 0.15) is 5.02 Å². The molecule has 2 heterocycles. The zero-order chi connectivity index (χ0) is 15.9. The average Bonchev–Trinajstić information content (AvgIpc) is 2.87. The fraction of sp³-hybridized carbons (Fsp3) is 0.235. The van der Waals surface area contributed by atoms with Gasteiger partial charge in [-0.05, 0) is 36.2 Å². The van der Waals surface area contributed by atoms with E-state index in [1.54, 1.807) is 13.1 Å². The number of halogens is 2. The lowest BCUT2D eigenvalue weighted by Gasteiger charge is -2.22. The lowest BCUT2D eigenvalue weighted by molar-refractivity contribution is 0.585. The predicted molar refractivity (Wildman–Crippen MR) is 90.5 cm³/mol. The van der Waals surface area contributed by atoms with Crippen LogP contribution in [-0.4, -0.2) is 4.57 Å². The first-order valence-corrected chi connectivity index (χ1v) is 7.78. The summed E-state index contributed by atoms with van der Waals surface area (Å²) in [5.41, 5.74) is 3.08. The number of benzene rings is 1. The van der Waals surface area contributed by atoms with Crippen molar-refractivity contribution in [3.8, 4) is 0 Å². The number of rotatable bonds is 2. The monoisotopic (exact) mass is 334 g/mol. The van der Waals surface area contributed by atoms with Crippen LogP contribution in [0, 0.1) is 0 Å². The second kappa shape index (κ2) is 5.82. The van der Waals surface area contributed by atoms with Gasteiger partial charge in [-0.1, -0.05) is 41.4 Å². The molecular weight excluding hydrogens is 319 g/mol. The maximum Gasteiger partial charge on any atom is 0.269 e. The Morgan fingerprint density at radius 1 is 1.14 bits per heavy atom. The van der Waals surface area contributed by atoms with E-state index in [9.17, 15) is 4.79 Å². The van der Waals surface area contributed by atoms with E-state index >= 15 is 0 Å². The molecule has 22 heavy (non-hydrogen) atoms. The third kappa shape index (κ3) is 2.79. The topological polar surface area (TPSA) is 34.0 Å². The molecule has 1 aliphatic rings. The maximum absolute atomic E-state index is 11.8. The van der Waals surface area contributed by atoms with E-state index in [1.165, 1.54) is 10.1 Å². The third-order valence-electron chi connectivity index (χ3n) is 3.95. The molecule has 0 radical (unpaired) electrons. The number of nitrogens with one attached hydrogen (secondary N) is 1. The fourth-order valence-corrected chi connectivity index (χ4v) is 3.26. The molecular formula is C17H16Cl2N2O. The van der Waals surface area contributed by atoms with Crippen LogP contribution < -0.4 is 10.9 Å². The number of aromatic nitrogens is 1. The van der Waals surface area contributed by atoms with E-state index in [-0.39, 0.29) is 22.5 Å². The Morgan fingerprint density at radius 2 is 1.82 bits per heavy atom. The van der Waals surface area contributed by atoms with Crippen LogP contribution in [0.15, 0.2) is 53.1 Å². The Bertz CT molecular complexity index is 767. The van der Waals surface area contributed by atoms with Crippen molar-refractivity contribution < 1.29 is 0 Å². The number of hydrogen-bond donors (Lipinski definition) is 1. The highest BCUT2D eigenvalue weighted by molar-refractivity contribution is 6.30. The summed E-state index contributed by atoms with van der Waals surface area (Å²) in [5.74, 6) is 0.172. The normalized spacial score (nSPS) is 20.6. The summed E-state index contributed by atoms with van der Waals surface area (Å²) in [7, 11) is 1.71. The molecule has 0 saturated carbocycles. The minimum absolute atomic E-state index is 0.0467. The van der Waals surface area contributed by atoms with Crippen molar-refractivity contribution in [3.05, 3.63) is 79.8 Å². The van der Waals surface area contributed by atoms with Crippen LogP contribution >= 0.6 is 23.2 Å². The van der Waals surface area contributed by atoms with E-state index in [1.807, 2.05) is 37.4 Å². The Kier molecular flexibility index (Phi) is 4.02. The van der Waals surface area contributed by atoms with Crippen molar-refractivity contribution in [2.45, 2.75) is 18.9 Å². The molecule has 0 aliphatic carbocycles. The molecule has 0 saturated heterocycles. The van der Waals surface area contributed by atoms with Gasteiger partial charge in [0.05, 0.1) is 6.04 Å². The molecule has 3 rings (SSSR count). The summed E-state index contributed by atoms with van der Waals surface area (Å²) in [6, 6.07) is 9.63. The summed E-state index contributed by atoms with van der Waals surface area (Å²) in [6.07, 6.45) is 4.02. The van der Waals surface area contributed by atoms with Gasteiger partial charge in [-0.3, -0.25) is 4.79 Å². The van der Waals surface area contributed by atoms with Gasteiger partial charge in [0.2, 0.25) is 0 Å². The van der Waals surface area contributed by atoms with Gasteiger partial charge in [0.15, 0.2) is 0 Å². The second-order valence-corrected chi connectivity index (χ2v) is 6.43. The Morgan fingerprint density at radius 3 is 2.45 bits per heavy atom. The first-order valence-electron chi connectivity index (χ1n) is 7.02. The smallest absolute Gasteiger partial charge is 0.269 e. The molecule has 114 valence electrons. The van der Waals surface area contributed by atoms with E-state index in [0.29, 0.717) is 0 Å². The molecule has 1 aromatic heterocycles. The zero-order valence-corrected chi connectivity index (χ0v) is 13.8. The van der Waals surface area contributed by atoms with Gasteiger partial charge in [-0.2, -0.15) is 0 Å². The summed E-state index contributed by atoms with van der Waals surface area (Å²) < 4.78 is 1.52. The molecule has 1 N–H and O–H groups in total. The molecule has 1 unspecified atom stereocenters. The van der Waals surface area contributed by atoms with Gasteiger partial charge < -0.3 is 9.88 Å². The predicted octanol–water partition coefficient (Wildman–Crippen LogP) is 4.02. The van der Waals surface area contributed by atoms with Crippen molar-refractivity contribution >= 4 is 23.2 Å². The number of pyridine rings is 1. The molecule has 0 amide bonds. The van der Waals surface area contributed by atoms with Gasteiger partial charge in [0, 0.05) is 29.9 Å². The van der Waals surface area contributed by atoms with E-state index < -0.39 is 0 Å². The van der Waals surface area contributed by atoms with E-state index in [4.69, 9.17) is 23.2 Å². The second-order valence-electron chi connectivity index (χ2n) is 5.59. The average molecular weight is 335 g/mol. The highest BCUT2D eigenvalue weighted by Crippen LogP contribution is 2.38. The lowest BCUT2D eigenvalue weighted by Crippen LogP contribution is -2.23. The van der Waals surface area contributed by atoms with Crippen LogP contribution in [-0.2, 0) is 7.05 Å². The first kappa shape index (κ1) is 15.2. The minimum Gasteiger partial charge on any atom is -0.381 e. The largest absolute Gasteiger partial charge is 0.381 e. The van der Waals surface area contributed by atoms with Gasteiger partial charge in [-0.25, -0.2) is 0 Å². The molecule has 0 spiro atoms. The fourth-order valence-electron chi connectivity index (χ4n) is 2.88. The Balaban J connectivity index is 2.03. The van der Waals surface area contributed by atoms with Crippen molar-refractivity contribution in [3.63, 3.8) is 0 Å². The van der Waals surface area contributed by atoms with Gasteiger partial charge >= 0.3 is 0 Å². The van der Waals surface area contributed by atoms with Crippen LogP contribution in [0.1, 0.15) is 30.0 Å². The molecule has 3 nitrogen and oxygen atoms in total. The number of allylic oxidation sites excluding steroid dienone is 1. The third-order valence-corrected chi connectivity index (χ3v) is 4.47. The van der Waals surface area contributed by atoms with E-state index in [0.717, 1.165) is 16.3 Å². The highest BCUT2D eigenvalue weighted by atomic mass is 35.5. The van der Waals surface area contributed by atoms with Gasteiger partial charge in [0.25, 0.3) is 5.56 Å². The molecule has 0 bridgehead atoms. The van der Waals surface area contributed by atoms with Crippen molar-refractivity contribution in [1.29, 1.82) is 0 Å². The van der Waals surface area contributed by atoms with Crippen LogP contribution in [0.25, 0.3) is 0 Å². The minimum atomic E-state index is -0.184. The SMILES string of the molecule is CC1=C[C@@H](c2ccc(Cl)cc2)C(c2cc(Cl)c(=O)n(C)c2)N1. The molecule has 2 atom stereocenters. The summed E-state index contributed by atoms with van der Waals surface area (Å²) in [5, 5.41) is 4.42.